The van der Waals surface area contributed by atoms with Crippen molar-refractivity contribution in [3.8, 4) is 0 Å². The number of carbonyl (C=O) groups is 2. The van der Waals surface area contributed by atoms with E-state index in [2.05, 4.69) is 5.32 Å². The Bertz CT molecular complexity index is 402. The highest BCUT2D eigenvalue weighted by Gasteiger charge is 2.10. The van der Waals surface area contributed by atoms with Gasteiger partial charge in [0, 0.05) is 18.2 Å². The third kappa shape index (κ3) is 2.46. The Kier molecular flexibility index (Phi) is 3.66. The van der Waals surface area contributed by atoms with Gasteiger partial charge in [0.05, 0.1) is 0 Å². The second kappa shape index (κ2) is 4.78. The summed E-state index contributed by atoms with van der Waals surface area (Å²) in [5, 5.41) is 2.56. The van der Waals surface area contributed by atoms with Crippen LogP contribution in [0.5, 0.6) is 0 Å². The summed E-state index contributed by atoms with van der Waals surface area (Å²) in [7, 11) is 3.39. The molecule has 0 aliphatic heterocycles. The molecule has 0 aromatic heterocycles. The van der Waals surface area contributed by atoms with Crippen molar-refractivity contribution in [2.24, 2.45) is 0 Å². The Labute approximate surface area is 90.3 Å². The van der Waals surface area contributed by atoms with Crippen LogP contribution in [0.1, 0.15) is 26.3 Å². The van der Waals surface area contributed by atoms with E-state index < -0.39 is 0 Å². The number of amides is 1. The number of ketones is 1. The van der Waals surface area contributed by atoms with Gasteiger partial charge in [0.2, 0.25) is 0 Å². The molecule has 0 saturated carbocycles. The molecule has 0 atom stereocenters. The topological polar surface area (TPSA) is 46.2 Å². The Morgan fingerprint density at radius 2 is 2.07 bits per heavy atom. The van der Waals surface area contributed by atoms with Crippen molar-refractivity contribution in [2.75, 3.05) is 7.05 Å². The van der Waals surface area contributed by atoms with Gasteiger partial charge in [-0.25, -0.2) is 0 Å². The zero-order valence-electron chi connectivity index (χ0n) is 9.26. The molecule has 0 saturated heterocycles. The highest BCUT2D eigenvalue weighted by Crippen LogP contribution is 2.12. The lowest BCUT2D eigenvalue weighted by atomic mass is 9.93. The second-order valence-electron chi connectivity index (χ2n) is 3.39. The molecule has 0 aliphatic carbocycles. The number of carbonyl (C=O) groups excluding carboxylic acids is 2. The molecule has 0 spiro atoms. The molecule has 1 rings (SSSR count). The molecule has 1 aromatic rings. The minimum atomic E-state index is -0.154. The van der Waals surface area contributed by atoms with Crippen LogP contribution < -0.4 is 5.32 Å². The zero-order valence-corrected chi connectivity index (χ0v) is 9.26. The highest BCUT2D eigenvalue weighted by atomic mass is 16.1. The monoisotopic (exact) mass is 203 g/mol. The van der Waals surface area contributed by atoms with Crippen molar-refractivity contribution in [1.82, 2.24) is 5.32 Å². The van der Waals surface area contributed by atoms with E-state index in [1.165, 1.54) is 0 Å². The largest absolute Gasteiger partial charge is 0.355 e. The summed E-state index contributed by atoms with van der Waals surface area (Å²) >= 11 is 0. The standard InChI is InChI=1S/C11H14BNO2/c1-7-3-4-8(10(14)6-12)5-9(7)11(15)13-2/h3-5H,6,12H2,1-2H3,(H,13,15). The first kappa shape index (κ1) is 11.5. The minimum Gasteiger partial charge on any atom is -0.355 e. The summed E-state index contributed by atoms with van der Waals surface area (Å²) in [6.07, 6.45) is 0.455. The SMILES string of the molecule is BCC(=O)c1ccc(C)c(C(=O)NC)c1. The van der Waals surface area contributed by atoms with Crippen LogP contribution >= 0.6 is 0 Å². The fourth-order valence-corrected chi connectivity index (χ4v) is 1.38. The summed E-state index contributed by atoms with van der Waals surface area (Å²) < 4.78 is 0. The Morgan fingerprint density at radius 3 is 2.60 bits per heavy atom. The minimum absolute atomic E-state index is 0.0557. The molecule has 4 heteroatoms. The van der Waals surface area contributed by atoms with Crippen molar-refractivity contribution in [1.29, 1.82) is 0 Å². The number of nitrogens with one attached hydrogen (secondary N) is 1. The van der Waals surface area contributed by atoms with E-state index in [0.717, 1.165) is 5.56 Å². The van der Waals surface area contributed by atoms with E-state index in [4.69, 9.17) is 0 Å². The van der Waals surface area contributed by atoms with Crippen molar-refractivity contribution >= 4 is 19.5 Å². The number of hydrogen-bond acceptors (Lipinski definition) is 2. The van der Waals surface area contributed by atoms with Crippen LogP contribution in [-0.4, -0.2) is 26.6 Å². The Morgan fingerprint density at radius 1 is 1.40 bits per heavy atom. The third-order valence-electron chi connectivity index (χ3n) is 2.35. The maximum atomic E-state index is 11.5. The van der Waals surface area contributed by atoms with Gasteiger partial charge in [0.1, 0.15) is 7.85 Å². The summed E-state index contributed by atoms with van der Waals surface area (Å²) in [5.74, 6) is -0.0987. The number of hydrogen-bond donors (Lipinski definition) is 1. The summed E-state index contributed by atoms with van der Waals surface area (Å²) in [6, 6.07) is 5.21. The number of Topliss-reactive ketones (excluding diaryl/α,β-unsaturated/α-hetero) is 1. The van der Waals surface area contributed by atoms with Crippen LogP contribution in [0.2, 0.25) is 6.32 Å². The van der Waals surface area contributed by atoms with Crippen LogP contribution in [-0.2, 0) is 0 Å². The van der Waals surface area contributed by atoms with E-state index >= 15 is 0 Å². The van der Waals surface area contributed by atoms with Gasteiger partial charge in [0.15, 0.2) is 5.78 Å². The van der Waals surface area contributed by atoms with Crippen molar-refractivity contribution in [3.05, 3.63) is 34.9 Å². The van der Waals surface area contributed by atoms with E-state index in [9.17, 15) is 9.59 Å². The predicted molar refractivity (Wildman–Crippen MR) is 62.3 cm³/mol. The summed E-state index contributed by atoms with van der Waals surface area (Å²) in [4.78, 5) is 22.9. The first-order valence-corrected chi connectivity index (χ1v) is 4.96. The predicted octanol–water partition coefficient (Wildman–Crippen LogP) is 0.589. The van der Waals surface area contributed by atoms with Gasteiger partial charge in [0.25, 0.3) is 5.91 Å². The quantitative estimate of drug-likeness (QED) is 0.577. The molecule has 1 aromatic carbocycles. The van der Waals surface area contributed by atoms with Crippen molar-refractivity contribution in [2.45, 2.75) is 13.2 Å². The van der Waals surface area contributed by atoms with Gasteiger partial charge in [-0.05, 0) is 24.9 Å². The molecule has 0 bridgehead atoms. The summed E-state index contributed by atoms with van der Waals surface area (Å²) in [6.45, 7) is 1.85. The Balaban J connectivity index is 3.16. The lowest BCUT2D eigenvalue weighted by Crippen LogP contribution is -2.19. The average Bonchev–Trinajstić information content (AvgIpc) is 2.27. The van der Waals surface area contributed by atoms with E-state index in [0.29, 0.717) is 17.4 Å². The van der Waals surface area contributed by atoms with Gasteiger partial charge in [-0.2, -0.15) is 0 Å². The highest BCUT2D eigenvalue weighted by molar-refractivity contribution is 6.24. The third-order valence-corrected chi connectivity index (χ3v) is 2.35. The van der Waals surface area contributed by atoms with E-state index in [-0.39, 0.29) is 11.7 Å². The van der Waals surface area contributed by atoms with Crippen molar-refractivity contribution < 1.29 is 9.59 Å². The van der Waals surface area contributed by atoms with Crippen LogP contribution in [0.25, 0.3) is 0 Å². The molecular formula is C11H14BNO2. The van der Waals surface area contributed by atoms with Gasteiger partial charge in [-0.15, -0.1) is 0 Å². The molecule has 78 valence electrons. The zero-order chi connectivity index (χ0) is 11.4. The normalized spacial score (nSPS) is 9.73. The fraction of sp³-hybridized carbons (Fsp3) is 0.273. The van der Waals surface area contributed by atoms with Gasteiger partial charge in [-0.3, -0.25) is 9.59 Å². The van der Waals surface area contributed by atoms with Gasteiger partial charge < -0.3 is 5.32 Å². The number of benzene rings is 1. The maximum Gasteiger partial charge on any atom is 0.251 e. The van der Waals surface area contributed by atoms with Gasteiger partial charge in [-0.1, -0.05) is 12.1 Å². The van der Waals surface area contributed by atoms with Crippen LogP contribution in [0.4, 0.5) is 0 Å². The first-order chi connectivity index (χ1) is 7.10. The second-order valence-corrected chi connectivity index (χ2v) is 3.39. The maximum absolute atomic E-state index is 11.5. The lowest BCUT2D eigenvalue weighted by molar-refractivity contribution is 0.0962. The number of rotatable bonds is 3. The molecule has 1 N–H and O–H groups in total. The molecule has 0 unspecified atom stereocenters. The fourth-order valence-electron chi connectivity index (χ4n) is 1.38. The average molecular weight is 203 g/mol. The Hall–Kier alpha value is -1.58. The molecule has 0 aliphatic rings. The molecule has 3 nitrogen and oxygen atoms in total. The lowest BCUT2D eigenvalue weighted by Gasteiger charge is -2.06. The van der Waals surface area contributed by atoms with E-state index in [1.807, 2.05) is 14.8 Å². The summed E-state index contributed by atoms with van der Waals surface area (Å²) in [5.41, 5.74) is 2.04. The molecular weight excluding hydrogens is 189 g/mol. The van der Waals surface area contributed by atoms with Crippen LogP contribution in [0, 0.1) is 6.92 Å². The molecule has 0 fully saturated rings. The first-order valence-electron chi connectivity index (χ1n) is 4.96. The number of aryl methyl sites for hydroxylation is 1. The smallest absolute Gasteiger partial charge is 0.251 e. The molecule has 1 amide bonds. The molecule has 0 radical (unpaired) electrons. The van der Waals surface area contributed by atoms with Crippen LogP contribution in [0.3, 0.4) is 0 Å². The van der Waals surface area contributed by atoms with Gasteiger partial charge >= 0.3 is 0 Å². The van der Waals surface area contributed by atoms with E-state index in [1.54, 1.807) is 25.2 Å². The molecule has 0 heterocycles. The molecule has 15 heavy (non-hydrogen) atoms. The van der Waals surface area contributed by atoms with Crippen LogP contribution in [0.15, 0.2) is 18.2 Å². The van der Waals surface area contributed by atoms with Crippen molar-refractivity contribution in [3.63, 3.8) is 0 Å².